The van der Waals surface area contributed by atoms with Gasteiger partial charge in [0.25, 0.3) is 7.37 Å². The fourth-order valence-corrected chi connectivity index (χ4v) is 3.16. The van der Waals surface area contributed by atoms with Gasteiger partial charge in [-0.2, -0.15) is 0 Å². The minimum absolute atomic E-state index is 0.375. The van der Waals surface area contributed by atoms with Crippen LogP contribution >= 0.6 is 7.37 Å². The predicted molar refractivity (Wildman–Crippen MR) is 69.8 cm³/mol. The van der Waals surface area contributed by atoms with E-state index in [1.165, 1.54) is 6.92 Å². The van der Waals surface area contributed by atoms with Gasteiger partial charge in [-0.1, -0.05) is 38.0 Å². The summed E-state index contributed by atoms with van der Waals surface area (Å²) in [7, 11) is -3.32. The first-order chi connectivity index (χ1) is 8.11. The van der Waals surface area contributed by atoms with Gasteiger partial charge in [-0.15, -0.1) is 0 Å². The molecule has 1 atom stereocenters. The fourth-order valence-electron chi connectivity index (χ4n) is 1.52. The van der Waals surface area contributed by atoms with Crippen molar-refractivity contribution in [3.05, 3.63) is 30.3 Å². The van der Waals surface area contributed by atoms with Crippen molar-refractivity contribution >= 4 is 18.2 Å². The van der Waals surface area contributed by atoms with Crippen molar-refractivity contribution in [3.8, 4) is 0 Å². The molecule has 1 unspecified atom stereocenters. The number of benzene rings is 1. The predicted octanol–water partition coefficient (Wildman–Crippen LogP) is 3.34. The van der Waals surface area contributed by atoms with Crippen LogP contribution in [0.3, 0.4) is 0 Å². The molecule has 17 heavy (non-hydrogen) atoms. The molecule has 0 saturated carbocycles. The van der Waals surface area contributed by atoms with Crippen LogP contribution in [0.25, 0.3) is 0 Å². The maximum Gasteiger partial charge on any atom is 0.295 e. The van der Waals surface area contributed by atoms with E-state index in [1.807, 2.05) is 6.07 Å². The molecule has 0 radical (unpaired) electrons. The number of carbonyl (C=O) groups excluding carboxylic acids is 1. The van der Waals surface area contributed by atoms with Gasteiger partial charge in [-0.3, -0.25) is 9.36 Å². The third-order valence-corrected chi connectivity index (χ3v) is 4.88. The largest absolute Gasteiger partial charge is 0.320 e. The molecule has 0 saturated heterocycles. The van der Waals surface area contributed by atoms with Crippen molar-refractivity contribution < 1.29 is 13.9 Å². The summed E-state index contributed by atoms with van der Waals surface area (Å²) < 4.78 is 17.9. The van der Waals surface area contributed by atoms with Crippen molar-refractivity contribution in [1.82, 2.24) is 0 Å². The second-order valence-corrected chi connectivity index (χ2v) is 6.45. The second kappa shape index (κ2) is 6.73. The Morgan fingerprint density at radius 2 is 1.88 bits per heavy atom. The molecule has 0 aromatic heterocycles. The summed E-state index contributed by atoms with van der Waals surface area (Å²) in [6, 6.07) is 8.72. The van der Waals surface area contributed by atoms with E-state index in [9.17, 15) is 9.36 Å². The summed E-state index contributed by atoms with van der Waals surface area (Å²) in [5.74, 6) is 0. The molecule has 4 heteroatoms. The van der Waals surface area contributed by atoms with Gasteiger partial charge < -0.3 is 4.52 Å². The summed E-state index contributed by atoms with van der Waals surface area (Å²) >= 11 is 0. The highest BCUT2D eigenvalue weighted by atomic mass is 31.2. The first-order valence-corrected chi connectivity index (χ1v) is 7.55. The molecule has 0 heterocycles. The van der Waals surface area contributed by atoms with Crippen LogP contribution in [-0.4, -0.2) is 12.1 Å². The molecular formula is C13H19O3P. The molecule has 0 bridgehead atoms. The summed E-state index contributed by atoms with van der Waals surface area (Å²) in [5.41, 5.74) is -0.389. The summed E-state index contributed by atoms with van der Waals surface area (Å²) in [6.07, 6.45) is 2.92. The van der Waals surface area contributed by atoms with Gasteiger partial charge in [0.05, 0.1) is 6.61 Å². The Bertz CT molecular complexity index is 400. The third kappa shape index (κ3) is 3.79. The Morgan fingerprint density at radius 1 is 1.24 bits per heavy atom. The Kier molecular flexibility index (Phi) is 5.60. The highest BCUT2D eigenvalue weighted by molar-refractivity contribution is 7.82. The zero-order valence-electron chi connectivity index (χ0n) is 10.4. The fraction of sp³-hybridized carbons (Fsp3) is 0.462. The molecule has 0 N–H and O–H groups in total. The minimum atomic E-state index is -3.32. The van der Waals surface area contributed by atoms with Gasteiger partial charge in [0.15, 0.2) is 0 Å². The molecule has 1 aromatic rings. The molecule has 3 nitrogen and oxygen atoms in total. The van der Waals surface area contributed by atoms with Gasteiger partial charge in [-0.05, 0) is 18.6 Å². The van der Waals surface area contributed by atoms with Gasteiger partial charge >= 0.3 is 0 Å². The third-order valence-electron chi connectivity index (χ3n) is 2.53. The minimum Gasteiger partial charge on any atom is -0.320 e. The summed E-state index contributed by atoms with van der Waals surface area (Å²) in [4.78, 5) is 11.5. The van der Waals surface area contributed by atoms with Crippen LogP contribution in [-0.2, 0) is 13.9 Å². The van der Waals surface area contributed by atoms with E-state index in [1.54, 1.807) is 24.3 Å². The SMILES string of the molecule is CCCCCOP(=O)(C(C)=O)c1ccccc1. The standard InChI is InChI=1S/C13H19O3P/c1-3-4-8-11-16-17(15,12(2)14)13-9-6-5-7-10-13/h5-7,9-10H,3-4,8,11H2,1-2H3. The van der Waals surface area contributed by atoms with Crippen molar-refractivity contribution in [1.29, 1.82) is 0 Å². The lowest BCUT2D eigenvalue weighted by Gasteiger charge is -2.15. The molecule has 0 aliphatic heterocycles. The summed E-state index contributed by atoms with van der Waals surface area (Å²) in [5, 5.41) is 0.490. The zero-order valence-corrected chi connectivity index (χ0v) is 11.3. The summed E-state index contributed by atoms with van der Waals surface area (Å²) in [6.45, 7) is 3.79. The maximum absolute atomic E-state index is 12.5. The molecule has 0 aliphatic rings. The number of hydrogen-bond acceptors (Lipinski definition) is 3. The Morgan fingerprint density at radius 3 is 2.41 bits per heavy atom. The molecule has 1 aromatic carbocycles. The lowest BCUT2D eigenvalue weighted by molar-refractivity contribution is -0.110. The normalized spacial score (nSPS) is 14.2. The molecule has 0 amide bonds. The quantitative estimate of drug-likeness (QED) is 0.553. The highest BCUT2D eigenvalue weighted by Gasteiger charge is 2.31. The van der Waals surface area contributed by atoms with E-state index in [2.05, 4.69) is 6.92 Å². The number of hydrogen-bond donors (Lipinski definition) is 0. The van der Waals surface area contributed by atoms with Crippen molar-refractivity contribution in [2.24, 2.45) is 0 Å². The Balaban J connectivity index is 2.77. The smallest absolute Gasteiger partial charge is 0.295 e. The monoisotopic (exact) mass is 254 g/mol. The van der Waals surface area contributed by atoms with Crippen LogP contribution in [0.15, 0.2) is 30.3 Å². The molecule has 0 fully saturated rings. The lowest BCUT2D eigenvalue weighted by atomic mass is 10.3. The average Bonchev–Trinajstić information content (AvgIpc) is 2.35. The van der Waals surface area contributed by atoms with Crippen molar-refractivity contribution in [2.45, 2.75) is 33.1 Å². The van der Waals surface area contributed by atoms with Gasteiger partial charge in [0.2, 0.25) is 5.52 Å². The van der Waals surface area contributed by atoms with E-state index >= 15 is 0 Å². The van der Waals surface area contributed by atoms with Crippen LogP contribution in [0.4, 0.5) is 0 Å². The second-order valence-electron chi connectivity index (χ2n) is 3.95. The number of carbonyl (C=O) groups is 1. The first-order valence-electron chi connectivity index (χ1n) is 5.92. The van der Waals surface area contributed by atoms with Crippen LogP contribution < -0.4 is 5.30 Å². The van der Waals surface area contributed by atoms with Crippen molar-refractivity contribution in [3.63, 3.8) is 0 Å². The van der Waals surface area contributed by atoms with Crippen molar-refractivity contribution in [2.75, 3.05) is 6.61 Å². The van der Waals surface area contributed by atoms with Gasteiger partial charge in [-0.25, -0.2) is 0 Å². The van der Waals surface area contributed by atoms with E-state index in [-0.39, 0.29) is 5.52 Å². The van der Waals surface area contributed by atoms with Crippen LogP contribution in [0.1, 0.15) is 33.1 Å². The molecule has 1 rings (SSSR count). The maximum atomic E-state index is 12.5. The van der Waals surface area contributed by atoms with Crippen LogP contribution in [0.2, 0.25) is 0 Å². The number of rotatable bonds is 7. The topological polar surface area (TPSA) is 43.4 Å². The Labute approximate surface area is 103 Å². The van der Waals surface area contributed by atoms with E-state index in [4.69, 9.17) is 4.52 Å². The van der Waals surface area contributed by atoms with Gasteiger partial charge in [0, 0.05) is 12.2 Å². The van der Waals surface area contributed by atoms with E-state index in [0.29, 0.717) is 11.9 Å². The molecular weight excluding hydrogens is 235 g/mol. The van der Waals surface area contributed by atoms with Gasteiger partial charge in [0.1, 0.15) is 0 Å². The van der Waals surface area contributed by atoms with Crippen LogP contribution in [0.5, 0.6) is 0 Å². The molecule has 94 valence electrons. The van der Waals surface area contributed by atoms with Crippen LogP contribution in [0, 0.1) is 0 Å². The lowest BCUT2D eigenvalue weighted by Crippen LogP contribution is -2.13. The first kappa shape index (κ1) is 14.1. The average molecular weight is 254 g/mol. The molecule has 0 spiro atoms. The Hall–Kier alpha value is -0.920. The highest BCUT2D eigenvalue weighted by Crippen LogP contribution is 2.46. The number of unbranched alkanes of at least 4 members (excludes halogenated alkanes) is 2. The van der Waals surface area contributed by atoms with E-state index in [0.717, 1.165) is 19.3 Å². The van der Waals surface area contributed by atoms with E-state index < -0.39 is 7.37 Å². The zero-order chi connectivity index (χ0) is 12.7. The molecule has 0 aliphatic carbocycles.